The van der Waals surface area contributed by atoms with E-state index in [9.17, 15) is 9.59 Å². The number of hydrazone groups is 1. The quantitative estimate of drug-likeness (QED) is 0.439. The summed E-state index contributed by atoms with van der Waals surface area (Å²) in [6.45, 7) is 2.06. The molecule has 6 heteroatoms. The van der Waals surface area contributed by atoms with E-state index in [1.165, 1.54) is 11.1 Å². The first-order chi connectivity index (χ1) is 7.13. The Morgan fingerprint density at radius 3 is 2.87 bits per heavy atom. The van der Waals surface area contributed by atoms with E-state index in [1.807, 2.05) is 17.6 Å². The number of carbonyl (C=O) groups is 2. The van der Waals surface area contributed by atoms with Crippen molar-refractivity contribution in [2.45, 2.75) is 13.3 Å². The van der Waals surface area contributed by atoms with Crippen LogP contribution >= 0.6 is 11.3 Å². The summed E-state index contributed by atoms with van der Waals surface area (Å²) in [7, 11) is 0. The number of nitrogens with zero attached hydrogens (tertiary/aromatic N) is 1. The van der Waals surface area contributed by atoms with Crippen LogP contribution in [0.2, 0.25) is 0 Å². The number of hydrogen-bond acceptors (Lipinski definition) is 4. The van der Waals surface area contributed by atoms with Crippen LogP contribution < -0.4 is 11.2 Å². The van der Waals surface area contributed by atoms with Crippen molar-refractivity contribution in [3.05, 3.63) is 21.9 Å². The third kappa shape index (κ3) is 3.51. The number of nitrogens with two attached hydrogens (primary N) is 1. The van der Waals surface area contributed by atoms with Crippen LogP contribution in [-0.2, 0) is 16.0 Å². The molecule has 0 spiro atoms. The van der Waals surface area contributed by atoms with Crippen LogP contribution in [0, 0.1) is 0 Å². The molecule has 0 fully saturated rings. The van der Waals surface area contributed by atoms with Gasteiger partial charge in [0, 0.05) is 9.75 Å². The maximum atomic E-state index is 10.7. The molecule has 0 atom stereocenters. The molecule has 0 aliphatic rings. The van der Waals surface area contributed by atoms with Crippen LogP contribution in [0.25, 0.3) is 0 Å². The Balaban J connectivity index is 2.51. The molecule has 0 saturated heterocycles. The van der Waals surface area contributed by atoms with Crippen LogP contribution in [0.4, 0.5) is 0 Å². The van der Waals surface area contributed by atoms with Gasteiger partial charge in [0.2, 0.25) is 0 Å². The van der Waals surface area contributed by atoms with Crippen molar-refractivity contribution in [3.63, 3.8) is 0 Å². The Morgan fingerprint density at radius 2 is 2.33 bits per heavy atom. The number of carbonyl (C=O) groups excluding carboxylic acids is 2. The SMILES string of the molecule is CCc1ccc(C=NNC(=O)C(N)=O)s1. The molecule has 1 aromatic rings. The summed E-state index contributed by atoms with van der Waals surface area (Å²) in [6.07, 6.45) is 2.44. The Morgan fingerprint density at radius 1 is 1.60 bits per heavy atom. The first-order valence-corrected chi connectivity index (χ1v) is 5.16. The van der Waals surface area contributed by atoms with Crippen molar-refractivity contribution in [2.75, 3.05) is 0 Å². The molecule has 1 heterocycles. The largest absolute Gasteiger partial charge is 0.361 e. The minimum atomic E-state index is -1.05. The van der Waals surface area contributed by atoms with E-state index in [4.69, 9.17) is 5.73 Å². The molecule has 0 aliphatic heterocycles. The molecule has 2 amide bonds. The number of rotatable bonds is 3. The van der Waals surface area contributed by atoms with Crippen LogP contribution in [0.15, 0.2) is 17.2 Å². The van der Waals surface area contributed by atoms with Gasteiger partial charge in [0.05, 0.1) is 6.21 Å². The van der Waals surface area contributed by atoms with Gasteiger partial charge in [-0.1, -0.05) is 6.92 Å². The summed E-state index contributed by atoms with van der Waals surface area (Å²) in [5, 5.41) is 3.60. The lowest BCUT2D eigenvalue weighted by Crippen LogP contribution is -2.32. The average Bonchev–Trinajstić information content (AvgIpc) is 2.65. The third-order valence-electron chi connectivity index (χ3n) is 1.61. The zero-order valence-corrected chi connectivity index (χ0v) is 9.00. The highest BCUT2D eigenvalue weighted by atomic mass is 32.1. The third-order valence-corrected chi connectivity index (χ3v) is 2.78. The van der Waals surface area contributed by atoms with Crippen molar-refractivity contribution in [3.8, 4) is 0 Å². The van der Waals surface area contributed by atoms with Gasteiger partial charge < -0.3 is 5.73 Å². The van der Waals surface area contributed by atoms with Crippen LogP contribution in [0.5, 0.6) is 0 Å². The second-order valence-electron chi connectivity index (χ2n) is 2.72. The zero-order valence-electron chi connectivity index (χ0n) is 8.19. The lowest BCUT2D eigenvalue weighted by molar-refractivity contribution is -0.137. The number of amides is 2. The lowest BCUT2D eigenvalue weighted by atomic mass is 10.4. The Bertz CT molecular complexity index is 398. The fourth-order valence-electron chi connectivity index (χ4n) is 0.864. The van der Waals surface area contributed by atoms with E-state index in [2.05, 4.69) is 12.0 Å². The molecule has 0 aromatic carbocycles. The standard InChI is InChI=1S/C9H11N3O2S/c1-2-6-3-4-7(15-6)5-11-12-9(14)8(10)13/h3-5H,2H2,1H3,(H2,10,13)(H,12,14). The summed E-state index contributed by atoms with van der Waals surface area (Å²) in [6, 6.07) is 3.88. The van der Waals surface area contributed by atoms with Crippen molar-refractivity contribution in [1.29, 1.82) is 0 Å². The maximum Gasteiger partial charge on any atom is 0.329 e. The zero-order chi connectivity index (χ0) is 11.3. The Hall–Kier alpha value is -1.69. The monoisotopic (exact) mass is 225 g/mol. The predicted molar refractivity (Wildman–Crippen MR) is 58.6 cm³/mol. The highest BCUT2D eigenvalue weighted by Gasteiger charge is 2.05. The molecule has 0 bridgehead atoms. The van der Waals surface area contributed by atoms with Crippen molar-refractivity contribution >= 4 is 29.4 Å². The molecule has 1 aromatic heterocycles. The van der Waals surface area contributed by atoms with E-state index in [0.717, 1.165) is 11.3 Å². The number of hydrogen-bond donors (Lipinski definition) is 2. The number of aryl methyl sites for hydroxylation is 1. The van der Waals surface area contributed by atoms with Crippen LogP contribution in [0.1, 0.15) is 16.7 Å². The molecule has 3 N–H and O–H groups in total. The molecule has 80 valence electrons. The fraction of sp³-hybridized carbons (Fsp3) is 0.222. The summed E-state index contributed by atoms with van der Waals surface area (Å²) < 4.78 is 0. The summed E-state index contributed by atoms with van der Waals surface area (Å²) in [4.78, 5) is 23.2. The lowest BCUT2D eigenvalue weighted by Gasteiger charge is -1.91. The van der Waals surface area contributed by atoms with E-state index >= 15 is 0 Å². The summed E-state index contributed by atoms with van der Waals surface area (Å²) in [5.74, 6) is -1.97. The van der Waals surface area contributed by atoms with Gasteiger partial charge in [-0.2, -0.15) is 5.10 Å². The number of nitrogens with one attached hydrogen (secondary N) is 1. The normalized spacial score (nSPS) is 10.5. The molecule has 0 unspecified atom stereocenters. The Labute approximate surface area is 91.0 Å². The molecule has 1 rings (SSSR count). The van der Waals surface area contributed by atoms with Gasteiger partial charge in [-0.25, -0.2) is 5.43 Å². The number of primary amides is 1. The maximum absolute atomic E-state index is 10.7. The molecule has 5 nitrogen and oxygen atoms in total. The molecule has 15 heavy (non-hydrogen) atoms. The fourth-order valence-corrected chi connectivity index (χ4v) is 1.69. The second kappa shape index (κ2) is 5.26. The molecule has 0 radical (unpaired) electrons. The first-order valence-electron chi connectivity index (χ1n) is 4.35. The summed E-state index contributed by atoms with van der Waals surface area (Å²) >= 11 is 1.58. The van der Waals surface area contributed by atoms with Crippen molar-refractivity contribution in [1.82, 2.24) is 5.43 Å². The van der Waals surface area contributed by atoms with Gasteiger partial charge in [-0.15, -0.1) is 11.3 Å². The van der Waals surface area contributed by atoms with Gasteiger partial charge in [-0.05, 0) is 18.6 Å². The van der Waals surface area contributed by atoms with Gasteiger partial charge in [-0.3, -0.25) is 9.59 Å². The molecule has 0 saturated carbocycles. The van der Waals surface area contributed by atoms with Gasteiger partial charge >= 0.3 is 11.8 Å². The number of thiophene rings is 1. The van der Waals surface area contributed by atoms with Crippen LogP contribution in [0.3, 0.4) is 0 Å². The minimum absolute atomic E-state index is 0.914. The predicted octanol–water partition coefficient (Wildman–Crippen LogP) is 0.246. The van der Waals surface area contributed by atoms with E-state index < -0.39 is 11.8 Å². The summed E-state index contributed by atoms with van der Waals surface area (Å²) in [5.41, 5.74) is 6.74. The Kier molecular flexibility index (Phi) is 3.99. The van der Waals surface area contributed by atoms with Crippen LogP contribution in [-0.4, -0.2) is 18.0 Å². The average molecular weight is 225 g/mol. The molecule has 0 aliphatic carbocycles. The first kappa shape index (κ1) is 11.4. The highest BCUT2D eigenvalue weighted by Crippen LogP contribution is 2.14. The molecular weight excluding hydrogens is 214 g/mol. The van der Waals surface area contributed by atoms with Gasteiger partial charge in [0.25, 0.3) is 0 Å². The van der Waals surface area contributed by atoms with E-state index in [-0.39, 0.29) is 0 Å². The van der Waals surface area contributed by atoms with E-state index in [1.54, 1.807) is 11.3 Å². The van der Waals surface area contributed by atoms with Gasteiger partial charge in [0.1, 0.15) is 0 Å². The molecular formula is C9H11N3O2S. The smallest absolute Gasteiger partial charge is 0.329 e. The second-order valence-corrected chi connectivity index (χ2v) is 3.92. The minimum Gasteiger partial charge on any atom is -0.361 e. The topological polar surface area (TPSA) is 84.6 Å². The van der Waals surface area contributed by atoms with Gasteiger partial charge in [0.15, 0.2) is 0 Å². The van der Waals surface area contributed by atoms with Crippen molar-refractivity contribution < 1.29 is 9.59 Å². The van der Waals surface area contributed by atoms with E-state index in [0.29, 0.717) is 0 Å². The van der Waals surface area contributed by atoms with Crippen molar-refractivity contribution in [2.24, 2.45) is 10.8 Å². The highest BCUT2D eigenvalue weighted by molar-refractivity contribution is 7.13.